The predicted octanol–water partition coefficient (Wildman–Crippen LogP) is 3.94. The van der Waals surface area contributed by atoms with Crippen LogP contribution in [0.25, 0.3) is 11.4 Å². The average molecular weight is 316 g/mol. The van der Waals surface area contributed by atoms with Gasteiger partial charge in [-0.25, -0.2) is 9.78 Å². The van der Waals surface area contributed by atoms with Gasteiger partial charge >= 0.3 is 6.09 Å². The van der Waals surface area contributed by atoms with Gasteiger partial charge in [0.1, 0.15) is 11.4 Å². The highest BCUT2D eigenvalue weighted by Gasteiger charge is 2.19. The number of carbonyl (C=O) groups is 1. The molecule has 0 saturated heterocycles. The molecule has 2 heterocycles. The van der Waals surface area contributed by atoms with Crippen molar-refractivity contribution in [3.05, 3.63) is 29.8 Å². The molecule has 0 spiro atoms. The fraction of sp³-hybridized carbons (Fsp3) is 0.471. The van der Waals surface area contributed by atoms with Crippen LogP contribution in [0.5, 0.6) is 0 Å². The van der Waals surface area contributed by atoms with E-state index in [1.165, 1.54) is 0 Å². The van der Waals surface area contributed by atoms with Gasteiger partial charge in [-0.2, -0.15) is 0 Å². The number of ether oxygens (including phenoxy) is 1. The molecule has 0 saturated carbocycles. The van der Waals surface area contributed by atoms with Crippen LogP contribution in [0.3, 0.4) is 0 Å². The van der Waals surface area contributed by atoms with E-state index in [1.807, 2.05) is 20.8 Å². The minimum Gasteiger partial charge on any atom is -0.444 e. The molecule has 0 fully saturated rings. The van der Waals surface area contributed by atoms with Crippen molar-refractivity contribution < 1.29 is 9.53 Å². The van der Waals surface area contributed by atoms with E-state index < -0.39 is 11.7 Å². The van der Waals surface area contributed by atoms with Gasteiger partial charge in [0.15, 0.2) is 0 Å². The average Bonchev–Trinajstić information content (AvgIpc) is 2.89. The van der Waals surface area contributed by atoms with Crippen LogP contribution < -0.4 is 5.32 Å². The number of aryl methyl sites for hydroxylation is 2. The molecule has 2 N–H and O–H groups in total. The molecule has 2 aromatic heterocycles. The lowest BCUT2D eigenvalue weighted by Gasteiger charge is -2.20. The number of amides is 1. The summed E-state index contributed by atoms with van der Waals surface area (Å²) in [6.07, 6.45) is 4.55. The molecule has 2 aromatic rings. The number of aromatic amines is 1. The quantitative estimate of drug-likeness (QED) is 0.895. The number of nitrogens with zero attached hydrogens (tertiary/aromatic N) is 2. The number of aromatic nitrogens is 3. The van der Waals surface area contributed by atoms with Gasteiger partial charge in [-0.3, -0.25) is 10.3 Å². The summed E-state index contributed by atoms with van der Waals surface area (Å²) in [5.74, 6) is 0.706. The highest BCUT2D eigenvalue weighted by Crippen LogP contribution is 2.26. The Balaban J connectivity index is 2.31. The van der Waals surface area contributed by atoms with Crippen LogP contribution in [0.15, 0.2) is 18.5 Å². The van der Waals surface area contributed by atoms with Crippen LogP contribution in [-0.2, 0) is 17.6 Å². The van der Waals surface area contributed by atoms with Gasteiger partial charge in [-0.05, 0) is 39.7 Å². The molecule has 0 bridgehead atoms. The number of hydrogen-bond acceptors (Lipinski definition) is 4. The summed E-state index contributed by atoms with van der Waals surface area (Å²) in [7, 11) is 0. The number of anilines is 1. The summed E-state index contributed by atoms with van der Waals surface area (Å²) in [6, 6.07) is 1.74. The molecule has 23 heavy (non-hydrogen) atoms. The van der Waals surface area contributed by atoms with Crippen LogP contribution in [0.1, 0.15) is 46.0 Å². The fourth-order valence-electron chi connectivity index (χ4n) is 2.26. The summed E-state index contributed by atoms with van der Waals surface area (Å²) in [5, 5.41) is 2.77. The highest BCUT2D eigenvalue weighted by atomic mass is 16.6. The maximum atomic E-state index is 12.0. The second kappa shape index (κ2) is 6.81. The van der Waals surface area contributed by atoms with Crippen molar-refractivity contribution in [2.24, 2.45) is 0 Å². The van der Waals surface area contributed by atoms with Crippen LogP contribution >= 0.6 is 0 Å². The first-order chi connectivity index (χ1) is 10.8. The molecule has 2 rings (SSSR count). The van der Waals surface area contributed by atoms with Crippen LogP contribution in [0.4, 0.5) is 10.5 Å². The summed E-state index contributed by atoms with van der Waals surface area (Å²) in [4.78, 5) is 24.1. The second-order valence-corrected chi connectivity index (χ2v) is 6.27. The van der Waals surface area contributed by atoms with Crippen LogP contribution in [-0.4, -0.2) is 26.6 Å². The van der Waals surface area contributed by atoms with Gasteiger partial charge in [0.2, 0.25) is 0 Å². The molecule has 0 unspecified atom stereocenters. The topological polar surface area (TPSA) is 79.9 Å². The van der Waals surface area contributed by atoms with E-state index in [1.54, 1.807) is 18.5 Å². The first kappa shape index (κ1) is 17.0. The van der Waals surface area contributed by atoms with Crippen molar-refractivity contribution in [1.82, 2.24) is 15.0 Å². The molecule has 6 nitrogen and oxygen atoms in total. The van der Waals surface area contributed by atoms with Crippen LogP contribution in [0.2, 0.25) is 0 Å². The van der Waals surface area contributed by atoms with Gasteiger partial charge in [0.05, 0.1) is 16.9 Å². The maximum Gasteiger partial charge on any atom is 0.412 e. The third-order valence-electron chi connectivity index (χ3n) is 3.26. The number of imidazole rings is 1. The number of H-pyrrole nitrogens is 1. The van der Waals surface area contributed by atoms with E-state index >= 15 is 0 Å². The number of nitrogens with one attached hydrogen (secondary N) is 2. The fourth-order valence-corrected chi connectivity index (χ4v) is 2.26. The molecule has 6 heteroatoms. The monoisotopic (exact) mass is 316 g/mol. The first-order valence-electron chi connectivity index (χ1n) is 7.86. The Morgan fingerprint density at radius 3 is 2.61 bits per heavy atom. The smallest absolute Gasteiger partial charge is 0.412 e. The lowest BCUT2D eigenvalue weighted by atomic mass is 10.2. The number of carbonyl (C=O) groups excluding carboxylic acids is 1. The normalized spacial score (nSPS) is 11.3. The zero-order valence-corrected chi connectivity index (χ0v) is 14.4. The molecular weight excluding hydrogens is 292 g/mol. The SMILES string of the molecule is CCc1nc(-c2cnccc2NC(=O)OC(C)(C)C)[nH]c1CC. The number of pyridine rings is 1. The molecule has 0 aliphatic carbocycles. The second-order valence-electron chi connectivity index (χ2n) is 6.27. The number of rotatable bonds is 4. The van der Waals surface area contributed by atoms with Crippen molar-refractivity contribution in [2.75, 3.05) is 5.32 Å². The number of hydrogen-bond donors (Lipinski definition) is 2. The van der Waals surface area contributed by atoms with Crippen molar-refractivity contribution in [1.29, 1.82) is 0 Å². The van der Waals surface area contributed by atoms with E-state index in [2.05, 4.69) is 34.1 Å². The predicted molar refractivity (Wildman–Crippen MR) is 90.4 cm³/mol. The maximum absolute atomic E-state index is 12.0. The van der Waals surface area contributed by atoms with E-state index in [4.69, 9.17) is 4.74 Å². The zero-order chi connectivity index (χ0) is 17.0. The minimum absolute atomic E-state index is 0.497. The molecule has 0 atom stereocenters. The Morgan fingerprint density at radius 1 is 1.30 bits per heavy atom. The molecule has 0 radical (unpaired) electrons. The third kappa shape index (κ3) is 4.31. The highest BCUT2D eigenvalue weighted by molar-refractivity contribution is 5.90. The lowest BCUT2D eigenvalue weighted by Crippen LogP contribution is -2.27. The Kier molecular flexibility index (Phi) is 5.03. The molecule has 0 aliphatic heterocycles. The Bertz CT molecular complexity index is 665. The lowest BCUT2D eigenvalue weighted by molar-refractivity contribution is 0.0636. The standard InChI is InChI=1S/C17H24N4O2/c1-6-12-13(7-2)20-15(19-12)11-10-18-9-8-14(11)21-16(22)23-17(3,4)5/h8-10H,6-7H2,1-5H3,(H,19,20)(H,18,21,22). The van der Waals surface area contributed by atoms with E-state index in [-0.39, 0.29) is 0 Å². The Labute approximate surface area is 136 Å². The van der Waals surface area contributed by atoms with Gasteiger partial charge < -0.3 is 9.72 Å². The minimum atomic E-state index is -0.549. The van der Waals surface area contributed by atoms with Crippen molar-refractivity contribution >= 4 is 11.8 Å². The summed E-state index contributed by atoms with van der Waals surface area (Å²) in [6.45, 7) is 9.64. The largest absolute Gasteiger partial charge is 0.444 e. The van der Waals surface area contributed by atoms with E-state index in [9.17, 15) is 4.79 Å². The van der Waals surface area contributed by atoms with Gasteiger partial charge in [-0.1, -0.05) is 13.8 Å². The van der Waals surface area contributed by atoms with E-state index in [0.717, 1.165) is 29.8 Å². The molecule has 1 amide bonds. The summed E-state index contributed by atoms with van der Waals surface area (Å²) >= 11 is 0. The first-order valence-corrected chi connectivity index (χ1v) is 7.86. The van der Waals surface area contributed by atoms with Crippen molar-refractivity contribution in [3.8, 4) is 11.4 Å². The van der Waals surface area contributed by atoms with Crippen molar-refractivity contribution in [2.45, 2.75) is 53.1 Å². The van der Waals surface area contributed by atoms with Crippen molar-refractivity contribution in [3.63, 3.8) is 0 Å². The van der Waals surface area contributed by atoms with E-state index in [0.29, 0.717) is 11.5 Å². The van der Waals surface area contributed by atoms with Gasteiger partial charge in [0.25, 0.3) is 0 Å². The molecule has 0 aliphatic rings. The Hall–Kier alpha value is -2.37. The molecule has 124 valence electrons. The molecular formula is C17H24N4O2. The van der Waals surface area contributed by atoms with Gasteiger partial charge in [-0.15, -0.1) is 0 Å². The van der Waals surface area contributed by atoms with Crippen LogP contribution in [0, 0.1) is 0 Å². The summed E-state index contributed by atoms with van der Waals surface area (Å²) < 4.78 is 5.30. The zero-order valence-electron chi connectivity index (χ0n) is 14.4. The third-order valence-corrected chi connectivity index (χ3v) is 3.26. The molecule has 0 aromatic carbocycles. The Morgan fingerprint density at radius 2 is 2.04 bits per heavy atom. The van der Waals surface area contributed by atoms with Gasteiger partial charge in [0, 0.05) is 18.1 Å². The summed E-state index contributed by atoms with van der Waals surface area (Å²) in [5.41, 5.74) is 2.96.